The average Bonchev–Trinajstić information content (AvgIpc) is 2.59. The van der Waals surface area contributed by atoms with E-state index in [0.717, 1.165) is 43.8 Å². The molecular formula is C19H28N2O. The molecule has 0 radical (unpaired) electrons. The summed E-state index contributed by atoms with van der Waals surface area (Å²) in [6.45, 7) is 5.81. The molecule has 0 saturated carbocycles. The zero-order chi connectivity index (χ0) is 15.4. The Morgan fingerprint density at radius 2 is 2.00 bits per heavy atom. The smallest absolute Gasteiger partial charge is 0.150 e. The quantitative estimate of drug-likeness (QED) is 0.849. The zero-order valence-corrected chi connectivity index (χ0v) is 13.7. The van der Waals surface area contributed by atoms with Gasteiger partial charge in [-0.3, -0.25) is 9.69 Å². The number of hydrogen-bond donors (Lipinski definition) is 1. The maximum atomic E-state index is 11.0. The highest BCUT2D eigenvalue weighted by Crippen LogP contribution is 2.28. The molecule has 1 atom stereocenters. The molecule has 1 N–H and O–H groups in total. The fourth-order valence-corrected chi connectivity index (χ4v) is 4.17. The normalized spacial score (nSPS) is 22.5. The third-order valence-corrected chi connectivity index (χ3v) is 5.30. The van der Waals surface area contributed by atoms with Crippen molar-refractivity contribution in [3.8, 4) is 0 Å². The van der Waals surface area contributed by atoms with Gasteiger partial charge in [-0.25, -0.2) is 0 Å². The molecule has 0 bridgehead atoms. The van der Waals surface area contributed by atoms with E-state index in [9.17, 15) is 4.79 Å². The van der Waals surface area contributed by atoms with Gasteiger partial charge in [-0.1, -0.05) is 19.1 Å². The fraction of sp³-hybridized carbons (Fsp3) is 0.632. The van der Waals surface area contributed by atoms with Gasteiger partial charge in [0, 0.05) is 17.6 Å². The maximum absolute atomic E-state index is 11.0. The van der Waals surface area contributed by atoms with E-state index in [2.05, 4.69) is 29.3 Å². The minimum absolute atomic E-state index is 0.650. The third kappa shape index (κ3) is 3.41. The number of benzene rings is 1. The van der Waals surface area contributed by atoms with Gasteiger partial charge in [0.1, 0.15) is 6.29 Å². The summed E-state index contributed by atoms with van der Waals surface area (Å²) in [5, 5.41) is 3.48. The van der Waals surface area contributed by atoms with E-state index < -0.39 is 0 Å². The Hall–Kier alpha value is -1.19. The summed E-state index contributed by atoms with van der Waals surface area (Å²) in [4.78, 5) is 13.8. The maximum Gasteiger partial charge on any atom is 0.150 e. The van der Waals surface area contributed by atoms with E-state index in [1.54, 1.807) is 0 Å². The van der Waals surface area contributed by atoms with Gasteiger partial charge >= 0.3 is 0 Å². The van der Waals surface area contributed by atoms with Crippen molar-refractivity contribution < 1.29 is 4.79 Å². The van der Waals surface area contributed by atoms with Crippen LogP contribution < -0.4 is 5.32 Å². The minimum Gasteiger partial charge on any atom is -0.317 e. The first-order valence-corrected chi connectivity index (χ1v) is 8.85. The van der Waals surface area contributed by atoms with Crippen LogP contribution >= 0.6 is 0 Å². The Morgan fingerprint density at radius 1 is 1.18 bits per heavy atom. The number of nitrogens with zero attached hydrogens (tertiary/aromatic N) is 1. The van der Waals surface area contributed by atoms with Gasteiger partial charge in [-0.05, 0) is 75.4 Å². The molecule has 1 saturated heterocycles. The van der Waals surface area contributed by atoms with Crippen molar-refractivity contribution in [1.82, 2.24) is 10.2 Å². The molecule has 3 heteroatoms. The first kappa shape index (κ1) is 15.7. The van der Waals surface area contributed by atoms with Crippen molar-refractivity contribution in [3.63, 3.8) is 0 Å². The highest BCUT2D eigenvalue weighted by atomic mass is 16.1. The molecule has 1 unspecified atom stereocenters. The van der Waals surface area contributed by atoms with Crippen LogP contribution in [0.3, 0.4) is 0 Å². The van der Waals surface area contributed by atoms with Crippen LogP contribution in [0.25, 0.3) is 0 Å². The number of piperidine rings is 1. The SMILES string of the molecule is CCCN(C1CCNCC1)C1CCc2ccc(C=O)cc2C1. The van der Waals surface area contributed by atoms with Crippen LogP contribution in [0, 0.1) is 0 Å². The topological polar surface area (TPSA) is 32.3 Å². The number of nitrogens with one attached hydrogen (secondary N) is 1. The van der Waals surface area contributed by atoms with Gasteiger partial charge in [0.05, 0.1) is 0 Å². The van der Waals surface area contributed by atoms with Gasteiger partial charge < -0.3 is 5.32 Å². The molecule has 1 aromatic rings. The van der Waals surface area contributed by atoms with Crippen LogP contribution in [0.4, 0.5) is 0 Å². The van der Waals surface area contributed by atoms with Crippen LogP contribution in [0.15, 0.2) is 18.2 Å². The van der Waals surface area contributed by atoms with E-state index in [0.29, 0.717) is 6.04 Å². The average molecular weight is 300 g/mol. The molecule has 3 rings (SSSR count). The first-order chi connectivity index (χ1) is 10.8. The Balaban J connectivity index is 1.76. The largest absolute Gasteiger partial charge is 0.317 e. The van der Waals surface area contributed by atoms with Crippen LogP contribution in [-0.2, 0) is 12.8 Å². The molecule has 2 aliphatic rings. The molecular weight excluding hydrogens is 272 g/mol. The molecule has 0 aromatic heterocycles. The highest BCUT2D eigenvalue weighted by Gasteiger charge is 2.29. The Bertz CT molecular complexity index is 508. The number of fused-ring (bicyclic) bond motifs is 1. The number of carbonyl (C=O) groups excluding carboxylic acids is 1. The highest BCUT2D eigenvalue weighted by molar-refractivity contribution is 5.75. The molecule has 0 amide bonds. The van der Waals surface area contributed by atoms with E-state index in [-0.39, 0.29) is 0 Å². The molecule has 3 nitrogen and oxygen atoms in total. The van der Waals surface area contributed by atoms with Crippen molar-refractivity contribution in [2.75, 3.05) is 19.6 Å². The molecule has 1 heterocycles. The lowest BCUT2D eigenvalue weighted by molar-refractivity contribution is 0.0988. The lowest BCUT2D eigenvalue weighted by Crippen LogP contribution is -2.50. The van der Waals surface area contributed by atoms with Crippen LogP contribution in [0.5, 0.6) is 0 Å². The number of carbonyl (C=O) groups is 1. The minimum atomic E-state index is 0.650. The van der Waals surface area contributed by atoms with Crippen molar-refractivity contribution in [3.05, 3.63) is 34.9 Å². The number of aldehydes is 1. The van der Waals surface area contributed by atoms with Gasteiger partial charge in [0.2, 0.25) is 0 Å². The van der Waals surface area contributed by atoms with Crippen LogP contribution in [-0.4, -0.2) is 42.9 Å². The van der Waals surface area contributed by atoms with Crippen LogP contribution in [0.1, 0.15) is 54.1 Å². The Labute approximate surface area is 134 Å². The Morgan fingerprint density at radius 3 is 2.73 bits per heavy atom. The molecule has 1 aliphatic heterocycles. The predicted molar refractivity (Wildman–Crippen MR) is 90.5 cm³/mol. The summed E-state index contributed by atoms with van der Waals surface area (Å²) in [5.74, 6) is 0. The van der Waals surface area contributed by atoms with Gasteiger partial charge in [0.15, 0.2) is 0 Å². The molecule has 1 aromatic carbocycles. The second-order valence-electron chi connectivity index (χ2n) is 6.76. The summed E-state index contributed by atoms with van der Waals surface area (Å²) in [6.07, 6.45) is 8.28. The lowest BCUT2D eigenvalue weighted by Gasteiger charge is -2.42. The van der Waals surface area contributed by atoms with Gasteiger partial charge in [-0.2, -0.15) is 0 Å². The van der Waals surface area contributed by atoms with E-state index >= 15 is 0 Å². The van der Waals surface area contributed by atoms with Gasteiger partial charge in [-0.15, -0.1) is 0 Å². The van der Waals surface area contributed by atoms with E-state index in [4.69, 9.17) is 0 Å². The molecule has 0 spiro atoms. The zero-order valence-electron chi connectivity index (χ0n) is 13.7. The molecule has 1 aliphatic carbocycles. The molecule has 1 fully saturated rings. The second-order valence-corrected chi connectivity index (χ2v) is 6.76. The molecule has 22 heavy (non-hydrogen) atoms. The predicted octanol–water partition coefficient (Wildman–Crippen LogP) is 2.82. The third-order valence-electron chi connectivity index (χ3n) is 5.30. The number of aryl methyl sites for hydroxylation is 1. The standard InChI is InChI=1S/C19H28N2O/c1-2-11-21(18-7-9-20-10-8-18)19-6-5-16-4-3-15(14-22)12-17(16)13-19/h3-4,12,14,18-20H,2,5-11,13H2,1H3. The monoisotopic (exact) mass is 300 g/mol. The van der Waals surface area contributed by atoms with Crippen molar-refractivity contribution in [2.24, 2.45) is 0 Å². The summed E-state index contributed by atoms with van der Waals surface area (Å²) < 4.78 is 0. The van der Waals surface area contributed by atoms with E-state index in [1.807, 2.05) is 6.07 Å². The number of rotatable bonds is 5. The van der Waals surface area contributed by atoms with Crippen molar-refractivity contribution in [1.29, 1.82) is 0 Å². The summed E-state index contributed by atoms with van der Waals surface area (Å²) in [5.41, 5.74) is 3.67. The summed E-state index contributed by atoms with van der Waals surface area (Å²) >= 11 is 0. The van der Waals surface area contributed by atoms with Crippen molar-refractivity contribution >= 4 is 6.29 Å². The molecule has 120 valence electrons. The van der Waals surface area contributed by atoms with Crippen LogP contribution in [0.2, 0.25) is 0 Å². The fourth-order valence-electron chi connectivity index (χ4n) is 4.17. The van der Waals surface area contributed by atoms with Crippen molar-refractivity contribution in [2.45, 2.75) is 57.5 Å². The second kappa shape index (κ2) is 7.38. The van der Waals surface area contributed by atoms with Gasteiger partial charge in [0.25, 0.3) is 0 Å². The van der Waals surface area contributed by atoms with E-state index in [1.165, 1.54) is 43.4 Å². The Kier molecular flexibility index (Phi) is 5.27. The summed E-state index contributed by atoms with van der Waals surface area (Å²) in [6, 6.07) is 7.62. The number of hydrogen-bond acceptors (Lipinski definition) is 3. The first-order valence-electron chi connectivity index (χ1n) is 8.85. The summed E-state index contributed by atoms with van der Waals surface area (Å²) in [7, 11) is 0. The lowest BCUT2D eigenvalue weighted by atomic mass is 9.85.